The second-order valence-corrected chi connectivity index (χ2v) is 4.89. The van der Waals surface area contributed by atoms with Crippen LogP contribution in [0.1, 0.15) is 16.1 Å². The Labute approximate surface area is 119 Å². The van der Waals surface area contributed by atoms with Crippen molar-refractivity contribution < 1.29 is 14.3 Å². The number of thiazole rings is 1. The number of aryl methyl sites for hydroxylation is 1. The molecule has 0 saturated heterocycles. The van der Waals surface area contributed by atoms with Crippen molar-refractivity contribution in [1.82, 2.24) is 4.98 Å². The van der Waals surface area contributed by atoms with E-state index in [9.17, 15) is 9.59 Å². The van der Waals surface area contributed by atoms with Gasteiger partial charge in [-0.1, -0.05) is 6.07 Å². The standard InChI is InChI=1S/C13H13N3O3S/c1-8-7-20-13(15-8)16-12(18)9-3-2-4-10(5-9)19-6-11(14)17/h2-5,7H,6H2,1H3,(H2,14,17)(H,15,16,18). The number of primary amides is 1. The summed E-state index contributed by atoms with van der Waals surface area (Å²) < 4.78 is 5.15. The van der Waals surface area contributed by atoms with Gasteiger partial charge in [-0.05, 0) is 25.1 Å². The van der Waals surface area contributed by atoms with Crippen LogP contribution in [0.15, 0.2) is 29.6 Å². The fourth-order valence-electron chi connectivity index (χ4n) is 1.46. The zero-order chi connectivity index (χ0) is 14.5. The molecule has 2 rings (SSSR count). The summed E-state index contributed by atoms with van der Waals surface area (Å²) in [5.41, 5.74) is 6.26. The van der Waals surface area contributed by atoms with E-state index in [0.29, 0.717) is 16.4 Å². The van der Waals surface area contributed by atoms with E-state index in [4.69, 9.17) is 10.5 Å². The van der Waals surface area contributed by atoms with Crippen LogP contribution in [-0.2, 0) is 4.79 Å². The van der Waals surface area contributed by atoms with E-state index in [1.54, 1.807) is 24.3 Å². The Morgan fingerprint density at radius 2 is 2.25 bits per heavy atom. The number of carbonyl (C=O) groups excluding carboxylic acids is 2. The maximum atomic E-state index is 12.0. The zero-order valence-electron chi connectivity index (χ0n) is 10.8. The molecular weight excluding hydrogens is 278 g/mol. The van der Waals surface area contributed by atoms with Crippen molar-refractivity contribution in [2.45, 2.75) is 6.92 Å². The van der Waals surface area contributed by atoms with Crippen LogP contribution in [-0.4, -0.2) is 23.4 Å². The minimum absolute atomic E-state index is 0.225. The number of anilines is 1. The van der Waals surface area contributed by atoms with E-state index >= 15 is 0 Å². The van der Waals surface area contributed by atoms with Crippen LogP contribution >= 0.6 is 11.3 Å². The Hall–Kier alpha value is -2.41. The Bertz CT molecular complexity index is 639. The normalized spacial score (nSPS) is 10.1. The van der Waals surface area contributed by atoms with Gasteiger partial charge >= 0.3 is 0 Å². The molecule has 0 fully saturated rings. The van der Waals surface area contributed by atoms with E-state index in [1.807, 2.05) is 12.3 Å². The number of nitrogens with two attached hydrogens (primary N) is 1. The van der Waals surface area contributed by atoms with Crippen molar-refractivity contribution in [1.29, 1.82) is 0 Å². The molecule has 0 bridgehead atoms. The van der Waals surface area contributed by atoms with E-state index < -0.39 is 5.91 Å². The number of benzene rings is 1. The molecule has 3 N–H and O–H groups in total. The lowest BCUT2D eigenvalue weighted by Crippen LogP contribution is -2.20. The SMILES string of the molecule is Cc1csc(NC(=O)c2cccc(OCC(N)=O)c2)n1. The second kappa shape index (κ2) is 6.16. The number of amides is 2. The summed E-state index contributed by atoms with van der Waals surface area (Å²) in [6.45, 7) is 1.63. The van der Waals surface area contributed by atoms with Crippen LogP contribution in [0.2, 0.25) is 0 Å². The van der Waals surface area contributed by atoms with Gasteiger partial charge in [0.25, 0.3) is 11.8 Å². The Balaban J connectivity index is 2.06. The highest BCUT2D eigenvalue weighted by atomic mass is 32.1. The molecule has 0 saturated carbocycles. The number of hydrogen-bond acceptors (Lipinski definition) is 5. The highest BCUT2D eigenvalue weighted by Gasteiger charge is 2.09. The molecule has 1 aromatic carbocycles. The average Bonchev–Trinajstić information content (AvgIpc) is 2.82. The number of ether oxygens (including phenoxy) is 1. The van der Waals surface area contributed by atoms with Crippen molar-refractivity contribution in [2.75, 3.05) is 11.9 Å². The highest BCUT2D eigenvalue weighted by molar-refractivity contribution is 7.13. The van der Waals surface area contributed by atoms with Crippen LogP contribution in [0.5, 0.6) is 5.75 Å². The molecular formula is C13H13N3O3S. The Kier molecular flexibility index (Phi) is 4.31. The van der Waals surface area contributed by atoms with E-state index in [0.717, 1.165) is 5.69 Å². The molecule has 2 aromatic rings. The molecule has 0 aliphatic rings. The maximum Gasteiger partial charge on any atom is 0.257 e. The first-order chi connectivity index (χ1) is 9.54. The van der Waals surface area contributed by atoms with Gasteiger partial charge in [-0.3, -0.25) is 14.9 Å². The molecule has 0 aliphatic carbocycles. The molecule has 6 nitrogen and oxygen atoms in total. The number of aromatic nitrogens is 1. The average molecular weight is 291 g/mol. The molecule has 0 radical (unpaired) electrons. The van der Waals surface area contributed by atoms with Crippen LogP contribution in [0.4, 0.5) is 5.13 Å². The third kappa shape index (κ3) is 3.79. The minimum Gasteiger partial charge on any atom is -0.484 e. The van der Waals surface area contributed by atoms with Gasteiger partial charge in [0.15, 0.2) is 11.7 Å². The molecule has 0 atom stereocenters. The van der Waals surface area contributed by atoms with Gasteiger partial charge in [-0.2, -0.15) is 0 Å². The molecule has 20 heavy (non-hydrogen) atoms. The minimum atomic E-state index is -0.571. The highest BCUT2D eigenvalue weighted by Crippen LogP contribution is 2.18. The van der Waals surface area contributed by atoms with Crippen molar-refractivity contribution in [3.05, 3.63) is 40.9 Å². The lowest BCUT2D eigenvalue weighted by molar-refractivity contribution is -0.119. The molecule has 2 amide bonds. The van der Waals surface area contributed by atoms with Gasteiger partial charge in [0.05, 0.1) is 5.69 Å². The number of hydrogen-bond donors (Lipinski definition) is 2. The lowest BCUT2D eigenvalue weighted by atomic mass is 10.2. The quantitative estimate of drug-likeness (QED) is 0.874. The Morgan fingerprint density at radius 3 is 2.90 bits per heavy atom. The van der Waals surface area contributed by atoms with Crippen molar-refractivity contribution in [3.63, 3.8) is 0 Å². The molecule has 1 aromatic heterocycles. The molecule has 0 aliphatic heterocycles. The first-order valence-corrected chi connectivity index (χ1v) is 6.67. The molecule has 0 spiro atoms. The summed E-state index contributed by atoms with van der Waals surface area (Å²) in [6, 6.07) is 6.50. The number of nitrogens with zero attached hydrogens (tertiary/aromatic N) is 1. The summed E-state index contributed by atoms with van der Waals surface area (Å²) >= 11 is 1.36. The second-order valence-electron chi connectivity index (χ2n) is 4.03. The van der Waals surface area contributed by atoms with Gasteiger partial charge in [-0.25, -0.2) is 4.98 Å². The van der Waals surface area contributed by atoms with Gasteiger partial charge in [0.2, 0.25) is 0 Å². The predicted octanol–water partition coefficient (Wildman–Crippen LogP) is 1.57. The first kappa shape index (κ1) is 14.0. The predicted molar refractivity (Wildman–Crippen MR) is 75.9 cm³/mol. The molecule has 104 valence electrons. The topological polar surface area (TPSA) is 94.3 Å². The fraction of sp³-hybridized carbons (Fsp3) is 0.154. The van der Waals surface area contributed by atoms with Crippen LogP contribution < -0.4 is 15.8 Å². The summed E-state index contributed by atoms with van der Waals surface area (Å²) in [6.07, 6.45) is 0. The lowest BCUT2D eigenvalue weighted by Gasteiger charge is -2.06. The first-order valence-electron chi connectivity index (χ1n) is 5.79. The third-order valence-electron chi connectivity index (χ3n) is 2.32. The molecule has 0 unspecified atom stereocenters. The largest absolute Gasteiger partial charge is 0.484 e. The van der Waals surface area contributed by atoms with E-state index in [1.165, 1.54) is 11.3 Å². The van der Waals surface area contributed by atoms with Gasteiger partial charge < -0.3 is 10.5 Å². The van der Waals surface area contributed by atoms with Crippen LogP contribution in [0, 0.1) is 6.92 Å². The molecule has 7 heteroatoms. The summed E-state index contributed by atoms with van der Waals surface area (Å²) in [5, 5.41) is 5.08. The fourth-order valence-corrected chi connectivity index (χ4v) is 2.15. The van der Waals surface area contributed by atoms with Crippen LogP contribution in [0.3, 0.4) is 0 Å². The van der Waals surface area contributed by atoms with Crippen LogP contribution in [0.25, 0.3) is 0 Å². The van der Waals surface area contributed by atoms with E-state index in [-0.39, 0.29) is 12.5 Å². The summed E-state index contributed by atoms with van der Waals surface area (Å²) in [7, 11) is 0. The van der Waals surface area contributed by atoms with Gasteiger partial charge in [-0.15, -0.1) is 11.3 Å². The van der Waals surface area contributed by atoms with Gasteiger partial charge in [0, 0.05) is 10.9 Å². The molecule has 1 heterocycles. The monoisotopic (exact) mass is 291 g/mol. The Morgan fingerprint density at radius 1 is 1.45 bits per heavy atom. The van der Waals surface area contributed by atoms with Gasteiger partial charge in [0.1, 0.15) is 5.75 Å². The summed E-state index contributed by atoms with van der Waals surface area (Å²) in [5.74, 6) is -0.450. The maximum absolute atomic E-state index is 12.0. The van der Waals surface area contributed by atoms with Crippen molar-refractivity contribution in [3.8, 4) is 5.75 Å². The van der Waals surface area contributed by atoms with E-state index in [2.05, 4.69) is 10.3 Å². The zero-order valence-corrected chi connectivity index (χ0v) is 11.6. The smallest absolute Gasteiger partial charge is 0.257 e. The number of rotatable bonds is 5. The number of carbonyl (C=O) groups is 2. The number of nitrogens with one attached hydrogen (secondary N) is 1. The van der Waals surface area contributed by atoms with Crippen molar-refractivity contribution in [2.24, 2.45) is 5.73 Å². The third-order valence-corrected chi connectivity index (χ3v) is 3.19. The van der Waals surface area contributed by atoms with Crippen molar-refractivity contribution >= 4 is 28.3 Å². The summed E-state index contributed by atoms with van der Waals surface area (Å²) in [4.78, 5) is 26.8.